The standard InChI is InChI=1S/C24H27ClFN5OS/c1-13-3-6-17-20(27-2)22(33-24(17)29-13)23(32)28-8-7-14-9-18(25)21(19(26)10-14)31-11-15-4-5-16(12-31)30-15/h3,6,9-10,15-16,27,30H,4-5,7-8,11-12H2,1-2H3,(H,28,32)/t15-,16+. The molecule has 2 saturated heterocycles. The number of rotatable bonds is 6. The smallest absolute Gasteiger partial charge is 0.263 e. The van der Waals surface area contributed by atoms with E-state index in [4.69, 9.17) is 11.6 Å². The summed E-state index contributed by atoms with van der Waals surface area (Å²) in [5.74, 6) is -0.465. The van der Waals surface area contributed by atoms with Crippen LogP contribution in [0.5, 0.6) is 0 Å². The number of anilines is 2. The van der Waals surface area contributed by atoms with Crippen LogP contribution in [0.3, 0.4) is 0 Å². The van der Waals surface area contributed by atoms with Crippen LogP contribution in [0.4, 0.5) is 15.8 Å². The fourth-order valence-electron chi connectivity index (χ4n) is 4.92. The van der Waals surface area contributed by atoms with E-state index < -0.39 is 0 Å². The van der Waals surface area contributed by atoms with Gasteiger partial charge in [0.1, 0.15) is 15.5 Å². The molecule has 1 amide bonds. The number of benzene rings is 1. The third kappa shape index (κ3) is 4.39. The van der Waals surface area contributed by atoms with Crippen molar-refractivity contribution < 1.29 is 9.18 Å². The average molecular weight is 488 g/mol. The highest BCUT2D eigenvalue weighted by Gasteiger charge is 2.34. The Morgan fingerprint density at radius 3 is 2.76 bits per heavy atom. The molecule has 0 aliphatic carbocycles. The van der Waals surface area contributed by atoms with Crippen molar-refractivity contribution in [2.24, 2.45) is 0 Å². The van der Waals surface area contributed by atoms with Gasteiger partial charge in [-0.2, -0.15) is 0 Å². The molecular formula is C24H27ClFN5OS. The lowest BCUT2D eigenvalue weighted by Crippen LogP contribution is -2.51. The highest BCUT2D eigenvalue weighted by Crippen LogP contribution is 2.35. The van der Waals surface area contributed by atoms with Crippen LogP contribution >= 0.6 is 22.9 Å². The van der Waals surface area contributed by atoms with Gasteiger partial charge in [0.2, 0.25) is 0 Å². The number of aryl methyl sites for hydroxylation is 1. The summed E-state index contributed by atoms with van der Waals surface area (Å²) in [6.45, 7) is 3.87. The second-order valence-corrected chi connectivity index (χ2v) is 10.2. The normalized spacial score (nSPS) is 19.8. The van der Waals surface area contributed by atoms with Gasteiger partial charge >= 0.3 is 0 Å². The van der Waals surface area contributed by atoms with Gasteiger partial charge < -0.3 is 20.9 Å². The van der Waals surface area contributed by atoms with Crippen molar-refractivity contribution >= 4 is 50.4 Å². The van der Waals surface area contributed by atoms with Crippen LogP contribution in [0.25, 0.3) is 10.2 Å². The Morgan fingerprint density at radius 2 is 2.06 bits per heavy atom. The monoisotopic (exact) mass is 487 g/mol. The highest BCUT2D eigenvalue weighted by molar-refractivity contribution is 7.21. The zero-order chi connectivity index (χ0) is 23.1. The van der Waals surface area contributed by atoms with Gasteiger partial charge in [0, 0.05) is 49.8 Å². The van der Waals surface area contributed by atoms with E-state index in [-0.39, 0.29) is 11.7 Å². The number of aromatic nitrogens is 1. The van der Waals surface area contributed by atoms with Crippen LogP contribution in [-0.4, -0.2) is 49.7 Å². The lowest BCUT2D eigenvalue weighted by Gasteiger charge is -2.35. The third-order valence-corrected chi connectivity index (χ3v) is 7.85. The summed E-state index contributed by atoms with van der Waals surface area (Å²) in [7, 11) is 1.80. The number of hydrogen-bond donors (Lipinski definition) is 3. The van der Waals surface area contributed by atoms with Gasteiger partial charge in [-0.1, -0.05) is 11.6 Å². The largest absolute Gasteiger partial charge is 0.386 e. The Bertz CT molecular complexity index is 1180. The summed E-state index contributed by atoms with van der Waals surface area (Å²) in [5.41, 5.74) is 2.95. The first-order chi connectivity index (χ1) is 15.9. The number of halogens is 2. The number of carbonyl (C=O) groups excluding carboxylic acids is 1. The molecule has 3 N–H and O–H groups in total. The van der Waals surface area contributed by atoms with Crippen molar-refractivity contribution in [2.45, 2.75) is 38.3 Å². The number of piperazine rings is 1. The van der Waals surface area contributed by atoms with E-state index in [1.807, 2.05) is 25.1 Å². The number of hydrogen-bond acceptors (Lipinski definition) is 6. The number of nitrogens with one attached hydrogen (secondary N) is 3. The van der Waals surface area contributed by atoms with Gasteiger partial charge in [-0.15, -0.1) is 11.3 Å². The van der Waals surface area contributed by atoms with Crippen molar-refractivity contribution in [1.29, 1.82) is 0 Å². The molecule has 5 rings (SSSR count). The molecule has 3 aromatic rings. The zero-order valence-electron chi connectivity index (χ0n) is 18.7. The molecule has 174 valence electrons. The summed E-state index contributed by atoms with van der Waals surface area (Å²) >= 11 is 7.88. The summed E-state index contributed by atoms with van der Waals surface area (Å²) in [6, 6.07) is 8.09. The van der Waals surface area contributed by atoms with E-state index in [0.717, 1.165) is 53.1 Å². The second kappa shape index (κ2) is 9.08. The summed E-state index contributed by atoms with van der Waals surface area (Å²) < 4.78 is 15.0. The molecule has 0 spiro atoms. The lowest BCUT2D eigenvalue weighted by molar-refractivity contribution is 0.0959. The van der Waals surface area contributed by atoms with E-state index in [1.54, 1.807) is 13.1 Å². The summed E-state index contributed by atoms with van der Waals surface area (Å²) in [4.78, 5) is 20.9. The Balaban J connectivity index is 1.26. The van der Waals surface area contributed by atoms with Crippen molar-refractivity contribution in [3.8, 4) is 0 Å². The Kier molecular flexibility index (Phi) is 6.16. The maximum Gasteiger partial charge on any atom is 0.263 e. The Labute approximate surface area is 201 Å². The van der Waals surface area contributed by atoms with Crippen LogP contribution in [0, 0.1) is 12.7 Å². The van der Waals surface area contributed by atoms with Crippen LogP contribution < -0.4 is 20.9 Å². The fraction of sp³-hybridized carbons (Fsp3) is 0.417. The Morgan fingerprint density at radius 1 is 1.30 bits per heavy atom. The van der Waals surface area contributed by atoms with Crippen molar-refractivity contribution in [1.82, 2.24) is 15.6 Å². The summed E-state index contributed by atoms with van der Waals surface area (Å²) in [5, 5.41) is 11.0. The van der Waals surface area contributed by atoms with E-state index in [0.29, 0.717) is 40.6 Å². The molecule has 1 aromatic carbocycles. The minimum absolute atomic E-state index is 0.167. The van der Waals surface area contributed by atoms with E-state index in [9.17, 15) is 4.79 Å². The minimum atomic E-state index is -0.298. The first-order valence-corrected chi connectivity index (χ1v) is 12.5. The fourth-order valence-corrected chi connectivity index (χ4v) is 6.42. The van der Waals surface area contributed by atoms with Gasteiger partial charge in [-0.25, -0.2) is 9.37 Å². The third-order valence-electron chi connectivity index (χ3n) is 6.46. The minimum Gasteiger partial charge on any atom is -0.386 e. The number of carbonyl (C=O) groups is 1. The predicted octanol–water partition coefficient (Wildman–Crippen LogP) is 4.35. The first kappa shape index (κ1) is 22.4. The first-order valence-electron chi connectivity index (χ1n) is 11.3. The van der Waals surface area contributed by atoms with Crippen LogP contribution in [0.1, 0.15) is 33.8 Å². The molecule has 2 atom stereocenters. The molecule has 2 aliphatic rings. The predicted molar refractivity (Wildman–Crippen MR) is 134 cm³/mol. The van der Waals surface area contributed by atoms with Gasteiger partial charge in [0.15, 0.2) is 0 Å². The van der Waals surface area contributed by atoms with Crippen molar-refractivity contribution in [3.63, 3.8) is 0 Å². The van der Waals surface area contributed by atoms with E-state index in [1.165, 1.54) is 11.3 Å². The molecule has 0 radical (unpaired) electrons. The molecule has 4 heterocycles. The molecular weight excluding hydrogens is 461 g/mol. The molecule has 2 aromatic heterocycles. The van der Waals surface area contributed by atoms with Crippen LogP contribution in [-0.2, 0) is 6.42 Å². The SMILES string of the molecule is CNc1c(C(=O)NCCc2cc(F)c(N3C[C@H]4CC[C@@H](C3)N4)c(Cl)c2)sc2nc(C)ccc12. The lowest BCUT2D eigenvalue weighted by atomic mass is 10.1. The van der Waals surface area contributed by atoms with Gasteiger partial charge in [0.05, 0.1) is 16.4 Å². The Hall–Kier alpha value is -2.42. The highest BCUT2D eigenvalue weighted by atomic mass is 35.5. The van der Waals surface area contributed by atoms with E-state index >= 15 is 4.39 Å². The zero-order valence-corrected chi connectivity index (χ0v) is 20.2. The molecule has 6 nitrogen and oxygen atoms in total. The molecule has 2 bridgehead atoms. The molecule has 9 heteroatoms. The van der Waals surface area contributed by atoms with Crippen LogP contribution in [0.2, 0.25) is 5.02 Å². The van der Waals surface area contributed by atoms with Crippen LogP contribution in [0.15, 0.2) is 24.3 Å². The molecule has 2 fully saturated rings. The maximum atomic E-state index is 15.0. The number of pyridine rings is 1. The summed E-state index contributed by atoms with van der Waals surface area (Å²) in [6.07, 6.45) is 2.75. The number of thiophene rings is 1. The number of amides is 1. The molecule has 0 unspecified atom stereocenters. The molecule has 2 aliphatic heterocycles. The average Bonchev–Trinajstić information content (AvgIpc) is 3.31. The van der Waals surface area contributed by atoms with E-state index in [2.05, 4.69) is 25.8 Å². The van der Waals surface area contributed by atoms with Crippen molar-refractivity contribution in [2.75, 3.05) is 36.9 Å². The number of fused-ring (bicyclic) bond motifs is 3. The van der Waals surface area contributed by atoms with Gasteiger partial charge in [0.25, 0.3) is 5.91 Å². The molecule has 0 saturated carbocycles. The van der Waals surface area contributed by atoms with Gasteiger partial charge in [-0.05, 0) is 56.0 Å². The maximum absolute atomic E-state index is 15.0. The second-order valence-electron chi connectivity index (χ2n) is 8.82. The molecule has 33 heavy (non-hydrogen) atoms. The van der Waals surface area contributed by atoms with Crippen molar-refractivity contribution in [3.05, 3.63) is 51.2 Å². The number of nitrogens with zero attached hydrogens (tertiary/aromatic N) is 2. The topological polar surface area (TPSA) is 69.3 Å². The van der Waals surface area contributed by atoms with Gasteiger partial charge in [-0.3, -0.25) is 4.79 Å². The quantitative estimate of drug-likeness (QED) is 0.482.